The Morgan fingerprint density at radius 1 is 0.477 bits per heavy atom. The average Bonchev–Trinajstić information content (AvgIpc) is 3.27. The molecular weight excluding hydrogens is 811 g/mol. The standard InChI is InChI=1S/C57H95NO7/c1-6-8-10-12-14-16-18-20-22-24-26-28-30-31-33-35-37-39-41-43-45-47-55(59)64-52-53(51-63-50-49-54(57(61)62)58(3,4)5)65-56(60)48-46-44-42-40-38-36-34-32-29-27-25-23-21-19-17-15-13-11-9-7-2/h9,11,14-17,20-23,26-29,31,33,53-54H,6-8,10,12-13,18-19,24-25,30,32,34-52H2,1-5H3/p+1/b11-9+,16-14+,17-15+,22-20+,23-21+,28-26+,29-27+,33-31+. The summed E-state index contributed by atoms with van der Waals surface area (Å²) in [4.78, 5) is 37.2. The molecule has 8 heteroatoms. The quantitative estimate of drug-likeness (QED) is 0.0281. The highest BCUT2D eigenvalue weighted by molar-refractivity contribution is 5.72. The Hall–Kier alpha value is -3.75. The van der Waals surface area contributed by atoms with E-state index in [9.17, 15) is 19.5 Å². The number of allylic oxidation sites excluding steroid dienone is 16. The molecule has 2 unspecified atom stereocenters. The maximum atomic E-state index is 12.8. The van der Waals surface area contributed by atoms with Crippen molar-refractivity contribution < 1.29 is 38.2 Å². The molecule has 0 aliphatic rings. The number of nitrogens with zero attached hydrogens (tertiary/aromatic N) is 1. The van der Waals surface area contributed by atoms with E-state index >= 15 is 0 Å². The summed E-state index contributed by atoms with van der Waals surface area (Å²) in [7, 11) is 5.52. The van der Waals surface area contributed by atoms with Gasteiger partial charge in [0.15, 0.2) is 12.1 Å². The highest BCUT2D eigenvalue weighted by Crippen LogP contribution is 2.14. The van der Waals surface area contributed by atoms with Crippen molar-refractivity contribution in [2.24, 2.45) is 0 Å². The van der Waals surface area contributed by atoms with Crippen LogP contribution in [-0.2, 0) is 28.6 Å². The number of carboxylic acids is 1. The second kappa shape index (κ2) is 46.8. The number of carbonyl (C=O) groups excluding carboxylic acids is 2. The van der Waals surface area contributed by atoms with Crippen molar-refractivity contribution >= 4 is 17.9 Å². The summed E-state index contributed by atoms with van der Waals surface area (Å²) < 4.78 is 17.3. The lowest BCUT2D eigenvalue weighted by molar-refractivity contribution is -0.887. The Kier molecular flexibility index (Phi) is 44.1. The number of quaternary nitrogens is 1. The molecule has 0 rings (SSSR count). The molecule has 0 saturated carbocycles. The number of hydrogen-bond acceptors (Lipinski definition) is 6. The fourth-order valence-electron chi connectivity index (χ4n) is 7.01. The minimum absolute atomic E-state index is 0.0445. The molecule has 0 fully saturated rings. The summed E-state index contributed by atoms with van der Waals surface area (Å²) >= 11 is 0. The van der Waals surface area contributed by atoms with E-state index in [1.54, 1.807) is 0 Å². The topological polar surface area (TPSA) is 99.1 Å². The molecule has 0 radical (unpaired) electrons. The molecule has 0 aromatic heterocycles. The Labute approximate surface area is 398 Å². The van der Waals surface area contributed by atoms with Gasteiger partial charge in [0.25, 0.3) is 0 Å². The zero-order valence-electron chi connectivity index (χ0n) is 42.2. The summed E-state index contributed by atoms with van der Waals surface area (Å²) in [6, 6.07) is -0.626. The van der Waals surface area contributed by atoms with Crippen molar-refractivity contribution in [3.63, 3.8) is 0 Å². The molecule has 0 saturated heterocycles. The van der Waals surface area contributed by atoms with Crippen molar-refractivity contribution in [3.8, 4) is 0 Å². The molecule has 2 atom stereocenters. The lowest BCUT2D eigenvalue weighted by Crippen LogP contribution is -2.50. The van der Waals surface area contributed by atoms with Gasteiger partial charge < -0.3 is 23.8 Å². The average molecular weight is 907 g/mol. The number of carbonyl (C=O) groups is 3. The summed E-state index contributed by atoms with van der Waals surface area (Å²) in [5, 5.41) is 9.66. The van der Waals surface area contributed by atoms with Gasteiger partial charge in [-0.2, -0.15) is 0 Å². The van der Waals surface area contributed by atoms with Crippen LogP contribution in [-0.4, -0.2) is 80.6 Å². The van der Waals surface area contributed by atoms with Crippen molar-refractivity contribution in [3.05, 3.63) is 97.2 Å². The molecule has 65 heavy (non-hydrogen) atoms. The highest BCUT2D eigenvalue weighted by Gasteiger charge is 2.31. The molecule has 0 heterocycles. The summed E-state index contributed by atoms with van der Waals surface area (Å²) in [5.41, 5.74) is 0. The maximum absolute atomic E-state index is 12.8. The third-order valence-corrected chi connectivity index (χ3v) is 11.0. The van der Waals surface area contributed by atoms with Gasteiger partial charge in [0, 0.05) is 19.3 Å². The highest BCUT2D eigenvalue weighted by atomic mass is 16.6. The monoisotopic (exact) mass is 907 g/mol. The first-order valence-electron chi connectivity index (χ1n) is 25.8. The van der Waals surface area contributed by atoms with Crippen LogP contribution in [0.1, 0.15) is 194 Å². The number of aliphatic carboxylic acids is 1. The van der Waals surface area contributed by atoms with Crippen LogP contribution in [0, 0.1) is 0 Å². The SMILES string of the molecule is CC/C=C/C/C=C/C/C=C/C/C=C/CCCCCCCCCC(=O)OC(COCCC(C(=O)O)[N+](C)(C)C)COC(=O)CCCCCCC/C=C/C/C=C/C/C=C/C/C=C/CCCCC. The number of ether oxygens (including phenoxy) is 3. The van der Waals surface area contributed by atoms with Gasteiger partial charge >= 0.3 is 17.9 Å². The molecule has 0 aliphatic carbocycles. The molecule has 8 nitrogen and oxygen atoms in total. The summed E-state index contributed by atoms with van der Waals surface area (Å²) in [6.07, 6.45) is 63.1. The number of likely N-dealkylation sites (N-methyl/N-ethyl adjacent to an activating group) is 1. The van der Waals surface area contributed by atoms with Crippen LogP contribution >= 0.6 is 0 Å². The zero-order valence-corrected chi connectivity index (χ0v) is 42.2. The van der Waals surface area contributed by atoms with E-state index in [0.29, 0.717) is 19.3 Å². The molecule has 1 N–H and O–H groups in total. The first-order chi connectivity index (χ1) is 31.6. The molecule has 0 bridgehead atoms. The fourth-order valence-corrected chi connectivity index (χ4v) is 7.01. The van der Waals surface area contributed by atoms with Crippen LogP contribution in [0.25, 0.3) is 0 Å². The van der Waals surface area contributed by atoms with E-state index in [0.717, 1.165) is 116 Å². The van der Waals surface area contributed by atoms with Gasteiger partial charge in [0.2, 0.25) is 0 Å². The molecule has 0 aliphatic heterocycles. The van der Waals surface area contributed by atoms with Crippen molar-refractivity contribution in [2.45, 2.75) is 206 Å². The van der Waals surface area contributed by atoms with Crippen LogP contribution in [0.4, 0.5) is 0 Å². The van der Waals surface area contributed by atoms with E-state index < -0.39 is 18.1 Å². The van der Waals surface area contributed by atoms with Gasteiger partial charge in [-0.05, 0) is 96.3 Å². The van der Waals surface area contributed by atoms with E-state index in [1.165, 1.54) is 44.9 Å². The Bertz CT molecular complexity index is 1380. The van der Waals surface area contributed by atoms with E-state index in [2.05, 4.69) is 111 Å². The number of carboxylic acid groups (broad SMARTS) is 1. The Balaban J connectivity index is 4.33. The van der Waals surface area contributed by atoms with Gasteiger partial charge in [-0.1, -0.05) is 175 Å². The van der Waals surface area contributed by atoms with Gasteiger partial charge in [-0.15, -0.1) is 0 Å². The van der Waals surface area contributed by atoms with Crippen molar-refractivity contribution in [1.82, 2.24) is 0 Å². The maximum Gasteiger partial charge on any atom is 0.362 e. The smallest absolute Gasteiger partial charge is 0.362 e. The Morgan fingerprint density at radius 2 is 0.862 bits per heavy atom. The zero-order chi connectivity index (χ0) is 47.7. The predicted molar refractivity (Wildman–Crippen MR) is 275 cm³/mol. The van der Waals surface area contributed by atoms with Gasteiger partial charge in [-0.3, -0.25) is 9.59 Å². The molecular formula is C57H96NO7+. The molecule has 0 spiro atoms. The van der Waals surface area contributed by atoms with Gasteiger partial charge in [-0.25, -0.2) is 4.79 Å². The fraction of sp³-hybridized carbons (Fsp3) is 0.667. The lowest BCUT2D eigenvalue weighted by atomic mass is 10.1. The predicted octanol–water partition coefficient (Wildman–Crippen LogP) is 15.0. The number of unbranched alkanes of at least 4 members (excludes halogenated alkanes) is 15. The van der Waals surface area contributed by atoms with E-state index in [1.807, 2.05) is 21.1 Å². The molecule has 370 valence electrons. The van der Waals surface area contributed by atoms with Gasteiger partial charge in [0.1, 0.15) is 6.61 Å². The first-order valence-corrected chi connectivity index (χ1v) is 25.8. The largest absolute Gasteiger partial charge is 0.477 e. The van der Waals surface area contributed by atoms with Gasteiger partial charge in [0.05, 0.1) is 34.4 Å². The first kappa shape index (κ1) is 61.2. The summed E-state index contributed by atoms with van der Waals surface area (Å²) in [5.74, 6) is -1.51. The normalized spacial score (nSPS) is 13.7. The third kappa shape index (κ3) is 45.2. The van der Waals surface area contributed by atoms with Crippen molar-refractivity contribution in [2.75, 3.05) is 41.0 Å². The third-order valence-electron chi connectivity index (χ3n) is 11.0. The van der Waals surface area contributed by atoms with Crippen molar-refractivity contribution in [1.29, 1.82) is 0 Å². The lowest BCUT2D eigenvalue weighted by Gasteiger charge is -2.31. The Morgan fingerprint density at radius 3 is 1.28 bits per heavy atom. The summed E-state index contributed by atoms with van der Waals surface area (Å²) in [6.45, 7) is 4.56. The number of esters is 2. The van der Waals surface area contributed by atoms with E-state index in [-0.39, 0.29) is 36.2 Å². The second-order valence-corrected chi connectivity index (χ2v) is 18.0. The number of hydrogen-bond donors (Lipinski definition) is 1. The minimum Gasteiger partial charge on any atom is -0.477 e. The van der Waals surface area contributed by atoms with Crippen LogP contribution in [0.15, 0.2) is 97.2 Å². The minimum atomic E-state index is -0.883. The number of rotatable bonds is 45. The van der Waals surface area contributed by atoms with E-state index in [4.69, 9.17) is 14.2 Å². The van der Waals surface area contributed by atoms with Crippen LogP contribution < -0.4 is 0 Å². The molecule has 0 aromatic rings. The van der Waals surface area contributed by atoms with Crippen LogP contribution in [0.5, 0.6) is 0 Å². The van der Waals surface area contributed by atoms with Crippen LogP contribution in [0.3, 0.4) is 0 Å². The van der Waals surface area contributed by atoms with Crippen LogP contribution in [0.2, 0.25) is 0 Å². The molecule has 0 aromatic carbocycles. The second-order valence-electron chi connectivity index (χ2n) is 18.0. The molecule has 0 amide bonds.